The van der Waals surface area contributed by atoms with Gasteiger partial charge in [0.15, 0.2) is 5.65 Å². The lowest BCUT2D eigenvalue weighted by Crippen LogP contribution is -2.29. The predicted octanol–water partition coefficient (Wildman–Crippen LogP) is 2.48. The van der Waals surface area contributed by atoms with Gasteiger partial charge in [-0.2, -0.15) is 4.98 Å². The Labute approximate surface area is 207 Å². The first kappa shape index (κ1) is 22.2. The summed E-state index contributed by atoms with van der Waals surface area (Å²) >= 11 is 0. The number of anilines is 3. The lowest BCUT2D eigenvalue weighted by molar-refractivity contribution is 0.252. The Hall–Kier alpha value is -4.25. The fraction of sp³-hybridized carbons (Fsp3) is 0.320. The maximum Gasteiger partial charge on any atom is 0.323 e. The highest BCUT2D eigenvalue weighted by Crippen LogP contribution is 2.25. The summed E-state index contributed by atoms with van der Waals surface area (Å²) < 4.78 is 3.44. The first-order valence-corrected chi connectivity index (χ1v) is 12.1. The molecule has 1 fully saturated rings. The second kappa shape index (κ2) is 8.76. The van der Waals surface area contributed by atoms with Gasteiger partial charge in [-0.15, -0.1) is 0 Å². The fourth-order valence-corrected chi connectivity index (χ4v) is 4.84. The number of benzene rings is 1. The highest BCUT2D eigenvalue weighted by molar-refractivity contribution is 5.93. The van der Waals surface area contributed by atoms with Crippen molar-refractivity contribution in [3.8, 4) is 5.69 Å². The van der Waals surface area contributed by atoms with E-state index in [4.69, 9.17) is 4.98 Å². The molecule has 3 N–H and O–H groups in total. The minimum Gasteiger partial charge on any atom is -0.336 e. The molecule has 36 heavy (non-hydrogen) atoms. The number of urea groups is 1. The van der Waals surface area contributed by atoms with E-state index in [1.807, 2.05) is 26.0 Å². The van der Waals surface area contributed by atoms with Crippen LogP contribution in [0, 0.1) is 0 Å². The van der Waals surface area contributed by atoms with Gasteiger partial charge >= 0.3 is 6.03 Å². The lowest BCUT2D eigenvalue weighted by atomic mass is 10.0. The Bertz CT molecular complexity index is 1540. The van der Waals surface area contributed by atoms with E-state index in [9.17, 15) is 9.59 Å². The Morgan fingerprint density at radius 3 is 2.75 bits per heavy atom. The molecular weight excluding hydrogens is 458 g/mol. The number of nitrogens with zero attached hydrogens (tertiary/aromatic N) is 6. The topological polar surface area (TPSA) is 122 Å². The summed E-state index contributed by atoms with van der Waals surface area (Å²) in [6.07, 6.45) is 4.18. The number of pyridine rings is 1. The van der Waals surface area contributed by atoms with E-state index in [1.54, 1.807) is 32.7 Å². The molecule has 11 heteroatoms. The normalized spacial score (nSPS) is 15.4. The quantitative estimate of drug-likeness (QED) is 0.397. The molecule has 1 aromatic carbocycles. The Balaban J connectivity index is 1.44. The van der Waals surface area contributed by atoms with E-state index < -0.39 is 0 Å². The van der Waals surface area contributed by atoms with Crippen LogP contribution in [0.15, 0.2) is 47.5 Å². The molecule has 6 rings (SSSR count). The van der Waals surface area contributed by atoms with Crippen molar-refractivity contribution >= 4 is 34.5 Å². The predicted molar refractivity (Wildman–Crippen MR) is 137 cm³/mol. The van der Waals surface area contributed by atoms with Crippen molar-refractivity contribution in [1.29, 1.82) is 0 Å². The zero-order chi connectivity index (χ0) is 24.8. The van der Waals surface area contributed by atoms with Crippen molar-refractivity contribution in [2.75, 3.05) is 29.9 Å². The number of carbonyl (C=O) groups excluding carboxylic acids is 1. The van der Waals surface area contributed by atoms with Gasteiger partial charge in [0.25, 0.3) is 5.56 Å². The Morgan fingerprint density at radius 1 is 1.06 bits per heavy atom. The van der Waals surface area contributed by atoms with Crippen LogP contribution in [0.2, 0.25) is 0 Å². The third-order valence-electron chi connectivity index (χ3n) is 6.57. The van der Waals surface area contributed by atoms with Crippen molar-refractivity contribution in [1.82, 2.24) is 34.9 Å². The summed E-state index contributed by atoms with van der Waals surface area (Å²) in [6, 6.07) is 9.55. The van der Waals surface area contributed by atoms with Gasteiger partial charge in [0.05, 0.1) is 5.69 Å². The molecular formula is C25H27N9O2. The van der Waals surface area contributed by atoms with Crippen LogP contribution in [0.4, 0.5) is 22.2 Å². The summed E-state index contributed by atoms with van der Waals surface area (Å²) in [5.41, 5.74) is 4.50. The number of hydrogen-bond acceptors (Lipinski definition) is 7. The smallest absolute Gasteiger partial charge is 0.323 e. The van der Waals surface area contributed by atoms with E-state index in [0.717, 1.165) is 25.2 Å². The first-order valence-electron chi connectivity index (χ1n) is 12.1. The van der Waals surface area contributed by atoms with Crippen molar-refractivity contribution < 1.29 is 4.79 Å². The van der Waals surface area contributed by atoms with Crippen LogP contribution in [0.5, 0.6) is 0 Å². The molecule has 184 valence electrons. The average molecular weight is 486 g/mol. The number of rotatable bonds is 5. The minimum absolute atomic E-state index is 0.135. The third-order valence-corrected chi connectivity index (χ3v) is 6.57. The molecule has 5 heterocycles. The molecule has 1 saturated heterocycles. The molecule has 0 atom stereocenters. The highest BCUT2D eigenvalue weighted by atomic mass is 16.2. The summed E-state index contributed by atoms with van der Waals surface area (Å²) in [4.78, 5) is 40.7. The molecule has 2 amide bonds. The van der Waals surface area contributed by atoms with Crippen molar-refractivity contribution in [2.45, 2.75) is 32.9 Å². The van der Waals surface area contributed by atoms with Crippen LogP contribution in [0.3, 0.4) is 0 Å². The van der Waals surface area contributed by atoms with E-state index in [1.165, 1.54) is 11.1 Å². The number of fused-ring (bicyclic) bond motifs is 2. The number of hydrogen-bond donors (Lipinski definition) is 3. The number of aromatic nitrogens is 5. The van der Waals surface area contributed by atoms with Gasteiger partial charge in [0, 0.05) is 49.8 Å². The first-order chi connectivity index (χ1) is 17.5. The van der Waals surface area contributed by atoms with Crippen molar-refractivity contribution in [2.24, 2.45) is 0 Å². The van der Waals surface area contributed by atoms with Gasteiger partial charge in [-0.3, -0.25) is 9.69 Å². The lowest BCUT2D eigenvalue weighted by Gasteiger charge is -2.18. The van der Waals surface area contributed by atoms with Crippen molar-refractivity contribution in [3.63, 3.8) is 0 Å². The standard InChI is InChI=1S/C25H27N9O2/c1-15(2)33-23(35)20-14-29-24(30-18-4-3-17-13-26-7-5-16(17)11-18)31-22(20)34(33)19-6-8-27-21(12-19)32-10-9-28-25(32)36/h3-4,6,8,11-12,14-15,26H,5,7,9-10,13H2,1-2H3,(H,28,36)(H,29,30,31). The number of nitrogens with one attached hydrogen (secondary N) is 3. The molecule has 0 aliphatic carbocycles. The summed E-state index contributed by atoms with van der Waals surface area (Å²) in [5.74, 6) is 0.919. The molecule has 2 aliphatic heterocycles. The van der Waals surface area contributed by atoms with Crippen LogP contribution < -0.4 is 26.4 Å². The fourth-order valence-electron chi connectivity index (χ4n) is 4.84. The summed E-state index contributed by atoms with van der Waals surface area (Å²) in [7, 11) is 0. The minimum atomic E-state index is -0.187. The maximum atomic E-state index is 13.3. The molecule has 0 radical (unpaired) electrons. The second-order valence-electron chi connectivity index (χ2n) is 9.28. The van der Waals surface area contributed by atoms with Gasteiger partial charge in [0.2, 0.25) is 5.95 Å². The summed E-state index contributed by atoms with van der Waals surface area (Å²) in [6.45, 7) is 6.82. The van der Waals surface area contributed by atoms with E-state index in [-0.39, 0.29) is 17.6 Å². The Morgan fingerprint density at radius 2 is 1.94 bits per heavy atom. The maximum absolute atomic E-state index is 13.3. The van der Waals surface area contributed by atoms with Crippen LogP contribution in [-0.4, -0.2) is 50.0 Å². The van der Waals surface area contributed by atoms with Crippen LogP contribution >= 0.6 is 0 Å². The van der Waals surface area contributed by atoms with Crippen LogP contribution in [-0.2, 0) is 13.0 Å². The highest BCUT2D eigenvalue weighted by Gasteiger charge is 2.24. The number of amides is 2. The van der Waals surface area contributed by atoms with Crippen molar-refractivity contribution in [3.05, 3.63) is 64.2 Å². The van der Waals surface area contributed by atoms with Gasteiger partial charge in [-0.05, 0) is 56.1 Å². The second-order valence-corrected chi connectivity index (χ2v) is 9.28. The zero-order valence-electron chi connectivity index (χ0n) is 20.2. The van der Waals surface area contributed by atoms with Gasteiger partial charge in [0.1, 0.15) is 11.2 Å². The summed E-state index contributed by atoms with van der Waals surface area (Å²) in [5, 5.41) is 9.90. The van der Waals surface area contributed by atoms with E-state index >= 15 is 0 Å². The third kappa shape index (κ3) is 3.77. The Kier molecular flexibility index (Phi) is 5.41. The molecule has 0 spiro atoms. The molecule has 0 bridgehead atoms. The van der Waals surface area contributed by atoms with Gasteiger partial charge in [-0.25, -0.2) is 24.1 Å². The monoisotopic (exact) mass is 485 g/mol. The van der Waals surface area contributed by atoms with Gasteiger partial charge < -0.3 is 16.0 Å². The molecule has 0 unspecified atom stereocenters. The van der Waals surface area contributed by atoms with Gasteiger partial charge in [-0.1, -0.05) is 6.07 Å². The molecule has 11 nitrogen and oxygen atoms in total. The van der Waals surface area contributed by atoms with Crippen LogP contribution in [0.25, 0.3) is 16.7 Å². The largest absolute Gasteiger partial charge is 0.336 e. The van der Waals surface area contributed by atoms with E-state index in [2.05, 4.69) is 38.1 Å². The van der Waals surface area contributed by atoms with E-state index in [0.29, 0.717) is 41.6 Å². The molecule has 4 aromatic rings. The average Bonchev–Trinajstić information content (AvgIpc) is 3.44. The zero-order valence-corrected chi connectivity index (χ0v) is 20.2. The molecule has 3 aromatic heterocycles. The molecule has 0 saturated carbocycles. The SMILES string of the molecule is CC(C)n1c(=O)c2cnc(Nc3ccc4c(c3)CCNC4)nc2n1-c1ccnc(N2CCNC2=O)c1. The molecule has 2 aliphatic rings. The number of carbonyl (C=O) groups is 1. The van der Waals surface area contributed by atoms with Crippen LogP contribution in [0.1, 0.15) is 31.0 Å².